The molecule has 0 aliphatic rings. The average molecular weight is 339 g/mol. The monoisotopic (exact) mass is 338 g/mol. The second-order valence-corrected chi connectivity index (χ2v) is 5.43. The molecule has 0 amide bonds. The first-order chi connectivity index (χ1) is 10.4. The van der Waals surface area contributed by atoms with Crippen molar-refractivity contribution in [2.45, 2.75) is 25.6 Å². The van der Waals surface area contributed by atoms with Crippen LogP contribution in [0.2, 0.25) is 0 Å². The lowest BCUT2D eigenvalue weighted by Crippen LogP contribution is -2.12. The number of nitrogens with zero attached hydrogens (tertiary/aromatic N) is 2. The van der Waals surface area contributed by atoms with Gasteiger partial charge in [-0.2, -0.15) is 0 Å². The van der Waals surface area contributed by atoms with Gasteiger partial charge in [-0.1, -0.05) is 24.7 Å². The van der Waals surface area contributed by atoms with Gasteiger partial charge in [0.2, 0.25) is 0 Å². The molecule has 0 radical (unpaired) electrons. The molecular weight excluding hydrogens is 316 g/mol. The van der Waals surface area contributed by atoms with Gasteiger partial charge in [0.1, 0.15) is 11.6 Å². The topological polar surface area (TPSA) is 62.7 Å². The van der Waals surface area contributed by atoms with Gasteiger partial charge in [-0.05, 0) is 6.42 Å². The van der Waals surface area contributed by atoms with Crippen molar-refractivity contribution in [3.05, 3.63) is 5.01 Å². The van der Waals surface area contributed by atoms with E-state index in [2.05, 4.69) is 17.1 Å². The molecule has 1 aromatic heterocycles. The molecular formula is C13H23ClN2O4S. The summed E-state index contributed by atoms with van der Waals surface area (Å²) in [6.07, 6.45) is 2.26. The summed E-state index contributed by atoms with van der Waals surface area (Å²) in [7, 11) is 0. The molecule has 1 aromatic rings. The minimum absolute atomic E-state index is 0.358. The zero-order valence-corrected chi connectivity index (χ0v) is 14.0. The number of ether oxygens (including phenoxy) is 4. The SMILES string of the molecule is CCCCOCCOCCOCCOc1nnc(CCl)s1. The van der Waals surface area contributed by atoms with Crippen LogP contribution >= 0.6 is 22.9 Å². The quantitative estimate of drug-likeness (QED) is 0.383. The fourth-order valence-electron chi connectivity index (χ4n) is 1.33. The third-order valence-corrected chi connectivity index (χ3v) is 3.65. The second kappa shape index (κ2) is 13.2. The van der Waals surface area contributed by atoms with Crippen molar-refractivity contribution in [3.8, 4) is 5.19 Å². The summed E-state index contributed by atoms with van der Waals surface area (Å²) in [5.41, 5.74) is 0. The fourth-order valence-corrected chi connectivity index (χ4v) is 2.11. The van der Waals surface area contributed by atoms with E-state index < -0.39 is 0 Å². The molecule has 1 heterocycles. The molecule has 0 unspecified atom stereocenters. The summed E-state index contributed by atoms with van der Waals surface area (Å²) in [4.78, 5) is 0. The number of unbranched alkanes of at least 4 members (excludes halogenated alkanes) is 1. The van der Waals surface area contributed by atoms with Gasteiger partial charge in [-0.3, -0.25) is 0 Å². The maximum absolute atomic E-state index is 5.62. The molecule has 21 heavy (non-hydrogen) atoms. The van der Waals surface area contributed by atoms with E-state index in [0.717, 1.165) is 24.5 Å². The zero-order chi connectivity index (χ0) is 15.2. The van der Waals surface area contributed by atoms with Gasteiger partial charge in [-0.15, -0.1) is 21.8 Å². The Hall–Kier alpha value is -0.470. The van der Waals surface area contributed by atoms with E-state index in [9.17, 15) is 0 Å². The molecule has 0 fully saturated rings. The summed E-state index contributed by atoms with van der Waals surface area (Å²) in [5.74, 6) is 0.358. The predicted molar refractivity (Wildman–Crippen MR) is 82.3 cm³/mol. The van der Waals surface area contributed by atoms with E-state index in [1.54, 1.807) is 0 Å². The Morgan fingerprint density at radius 3 is 2.10 bits per heavy atom. The van der Waals surface area contributed by atoms with Crippen molar-refractivity contribution in [2.75, 3.05) is 46.2 Å². The molecule has 0 aromatic carbocycles. The Kier molecular flexibility index (Phi) is 11.7. The number of alkyl halides is 1. The van der Waals surface area contributed by atoms with Crippen LogP contribution in [0, 0.1) is 0 Å². The lowest BCUT2D eigenvalue weighted by molar-refractivity contribution is 0.00891. The molecule has 1 rings (SSSR count). The first-order valence-corrected chi connectivity index (χ1v) is 8.46. The number of aromatic nitrogens is 2. The maximum Gasteiger partial charge on any atom is 0.294 e. The molecule has 0 aliphatic carbocycles. The van der Waals surface area contributed by atoms with Gasteiger partial charge >= 0.3 is 0 Å². The van der Waals surface area contributed by atoms with E-state index in [0.29, 0.717) is 50.7 Å². The van der Waals surface area contributed by atoms with Crippen LogP contribution in [0.3, 0.4) is 0 Å². The number of halogens is 1. The summed E-state index contributed by atoms with van der Waals surface area (Å²) < 4.78 is 21.5. The van der Waals surface area contributed by atoms with E-state index in [1.807, 2.05) is 0 Å². The molecule has 0 bridgehead atoms. The molecule has 0 saturated heterocycles. The minimum Gasteiger partial charge on any atom is -0.466 e. The molecule has 0 spiro atoms. The van der Waals surface area contributed by atoms with Gasteiger partial charge in [0.05, 0.1) is 38.9 Å². The van der Waals surface area contributed by atoms with Crippen LogP contribution in [0.1, 0.15) is 24.8 Å². The molecule has 0 N–H and O–H groups in total. The molecule has 122 valence electrons. The Bertz CT molecular complexity index is 355. The maximum atomic E-state index is 5.62. The van der Waals surface area contributed by atoms with Gasteiger partial charge in [0.25, 0.3) is 5.19 Å². The smallest absolute Gasteiger partial charge is 0.294 e. The molecule has 8 heteroatoms. The van der Waals surface area contributed by atoms with Crippen LogP contribution in [0.25, 0.3) is 0 Å². The van der Waals surface area contributed by atoms with Crippen LogP contribution in [-0.2, 0) is 20.1 Å². The summed E-state index contributed by atoms with van der Waals surface area (Å²) in [6, 6.07) is 0. The third kappa shape index (κ3) is 9.97. The van der Waals surface area contributed by atoms with Crippen LogP contribution in [-0.4, -0.2) is 56.4 Å². The predicted octanol–water partition coefficient (Wildman–Crippen LogP) is 2.51. The standard InChI is InChI=1S/C13H23ClN2O4S/c1-2-3-4-17-5-6-18-7-8-19-9-10-20-13-16-15-12(11-14)21-13/h2-11H2,1H3. The van der Waals surface area contributed by atoms with Crippen molar-refractivity contribution in [2.24, 2.45) is 0 Å². The van der Waals surface area contributed by atoms with Gasteiger partial charge in [0.15, 0.2) is 0 Å². The van der Waals surface area contributed by atoms with Crippen LogP contribution in [0.15, 0.2) is 0 Å². The number of hydrogen-bond donors (Lipinski definition) is 0. The van der Waals surface area contributed by atoms with Crippen LogP contribution < -0.4 is 4.74 Å². The highest BCUT2D eigenvalue weighted by Crippen LogP contribution is 2.18. The molecule has 0 atom stereocenters. The van der Waals surface area contributed by atoms with E-state index in [1.165, 1.54) is 11.3 Å². The summed E-state index contributed by atoms with van der Waals surface area (Å²) >= 11 is 6.97. The number of hydrogen-bond acceptors (Lipinski definition) is 7. The molecule has 0 aliphatic heterocycles. The average Bonchev–Trinajstić information content (AvgIpc) is 2.96. The fraction of sp³-hybridized carbons (Fsp3) is 0.846. The van der Waals surface area contributed by atoms with E-state index in [4.69, 9.17) is 30.5 Å². The highest BCUT2D eigenvalue weighted by atomic mass is 35.5. The van der Waals surface area contributed by atoms with E-state index >= 15 is 0 Å². The van der Waals surface area contributed by atoms with Crippen molar-refractivity contribution in [1.82, 2.24) is 10.2 Å². The molecule has 0 saturated carbocycles. The Labute approximate surface area is 134 Å². The van der Waals surface area contributed by atoms with Gasteiger partial charge in [-0.25, -0.2) is 0 Å². The van der Waals surface area contributed by atoms with E-state index in [-0.39, 0.29) is 0 Å². The first kappa shape index (κ1) is 18.6. The minimum atomic E-state index is 0.358. The summed E-state index contributed by atoms with van der Waals surface area (Å²) in [5, 5.41) is 8.97. The van der Waals surface area contributed by atoms with Gasteiger partial charge < -0.3 is 18.9 Å². The van der Waals surface area contributed by atoms with Crippen molar-refractivity contribution in [1.29, 1.82) is 0 Å². The lowest BCUT2D eigenvalue weighted by atomic mass is 10.4. The highest BCUT2D eigenvalue weighted by molar-refractivity contribution is 7.13. The Morgan fingerprint density at radius 1 is 0.905 bits per heavy atom. The third-order valence-electron chi connectivity index (χ3n) is 2.40. The van der Waals surface area contributed by atoms with Crippen molar-refractivity contribution < 1.29 is 18.9 Å². The van der Waals surface area contributed by atoms with Crippen molar-refractivity contribution >= 4 is 22.9 Å². The second-order valence-electron chi connectivity index (χ2n) is 4.13. The normalized spacial score (nSPS) is 11.0. The van der Waals surface area contributed by atoms with Crippen LogP contribution in [0.5, 0.6) is 5.19 Å². The van der Waals surface area contributed by atoms with Crippen molar-refractivity contribution in [3.63, 3.8) is 0 Å². The lowest BCUT2D eigenvalue weighted by Gasteiger charge is -2.06. The first-order valence-electron chi connectivity index (χ1n) is 7.11. The molecule has 6 nitrogen and oxygen atoms in total. The van der Waals surface area contributed by atoms with Gasteiger partial charge in [0, 0.05) is 6.61 Å². The Morgan fingerprint density at radius 2 is 1.52 bits per heavy atom. The highest BCUT2D eigenvalue weighted by Gasteiger charge is 2.03. The zero-order valence-electron chi connectivity index (χ0n) is 12.4. The largest absolute Gasteiger partial charge is 0.466 e. The summed E-state index contributed by atoms with van der Waals surface area (Å²) in [6.45, 7) is 6.24. The number of rotatable bonds is 14. The van der Waals surface area contributed by atoms with Crippen LogP contribution in [0.4, 0.5) is 0 Å². The Balaban J connectivity index is 1.80.